The number of amides is 2. The zero-order chi connectivity index (χ0) is 12.1. The molecule has 0 fully saturated rings. The van der Waals surface area contributed by atoms with E-state index in [-0.39, 0.29) is 5.02 Å². The second-order valence-electron chi connectivity index (χ2n) is 3.25. The molecule has 4 nitrogen and oxygen atoms in total. The van der Waals surface area contributed by atoms with Crippen LogP contribution in [0.3, 0.4) is 0 Å². The number of hydrogen-bond acceptors (Lipinski definition) is 2. The first-order valence-electron chi connectivity index (χ1n) is 4.52. The van der Waals surface area contributed by atoms with Gasteiger partial charge < -0.3 is 5.32 Å². The standard InChI is InChI=1S/C10H11ClFN3O/c1-6(2)14-15-10(16)13-7-3-4-9(12)8(11)5-7/h3-5H,1-2H3,(H2,13,15,16). The molecule has 0 heterocycles. The van der Waals surface area contributed by atoms with Crippen molar-refractivity contribution < 1.29 is 9.18 Å². The molecular weight excluding hydrogens is 233 g/mol. The number of carbonyl (C=O) groups excluding carboxylic acids is 1. The van der Waals surface area contributed by atoms with Crippen LogP contribution >= 0.6 is 11.6 Å². The van der Waals surface area contributed by atoms with Gasteiger partial charge in [0.05, 0.1) is 5.02 Å². The van der Waals surface area contributed by atoms with Crippen LogP contribution in [0.15, 0.2) is 23.3 Å². The number of carbonyl (C=O) groups is 1. The molecule has 0 aromatic heterocycles. The molecule has 0 aliphatic rings. The van der Waals surface area contributed by atoms with Gasteiger partial charge in [0.2, 0.25) is 0 Å². The highest BCUT2D eigenvalue weighted by Gasteiger charge is 2.03. The predicted molar refractivity (Wildman–Crippen MR) is 62.3 cm³/mol. The van der Waals surface area contributed by atoms with Gasteiger partial charge in [-0.1, -0.05) is 11.6 Å². The van der Waals surface area contributed by atoms with Crippen LogP contribution < -0.4 is 10.7 Å². The van der Waals surface area contributed by atoms with Crippen molar-refractivity contribution in [2.75, 3.05) is 5.32 Å². The minimum atomic E-state index is -0.532. The minimum Gasteiger partial charge on any atom is -0.306 e. The van der Waals surface area contributed by atoms with E-state index < -0.39 is 11.8 Å². The predicted octanol–water partition coefficient (Wildman–Crippen LogP) is 3.00. The van der Waals surface area contributed by atoms with Gasteiger partial charge in [0, 0.05) is 11.4 Å². The maximum Gasteiger partial charge on any atom is 0.339 e. The fraction of sp³-hybridized carbons (Fsp3) is 0.200. The summed E-state index contributed by atoms with van der Waals surface area (Å²) in [5.74, 6) is -0.532. The number of nitrogens with one attached hydrogen (secondary N) is 2. The van der Waals surface area contributed by atoms with Gasteiger partial charge in [0.1, 0.15) is 5.82 Å². The first-order valence-corrected chi connectivity index (χ1v) is 4.90. The third-order valence-electron chi connectivity index (χ3n) is 1.56. The van der Waals surface area contributed by atoms with E-state index in [1.165, 1.54) is 18.2 Å². The lowest BCUT2D eigenvalue weighted by Gasteiger charge is -2.05. The van der Waals surface area contributed by atoms with Crippen molar-refractivity contribution in [3.63, 3.8) is 0 Å². The van der Waals surface area contributed by atoms with Gasteiger partial charge in [-0.15, -0.1) is 0 Å². The van der Waals surface area contributed by atoms with Gasteiger partial charge in [-0.25, -0.2) is 14.6 Å². The first kappa shape index (κ1) is 12.4. The molecule has 0 bridgehead atoms. The Morgan fingerprint density at radius 2 is 2.12 bits per heavy atom. The number of hydrogen-bond donors (Lipinski definition) is 2. The van der Waals surface area contributed by atoms with Crippen molar-refractivity contribution in [3.05, 3.63) is 29.0 Å². The van der Waals surface area contributed by atoms with Gasteiger partial charge in [-0.3, -0.25) is 0 Å². The molecule has 0 unspecified atom stereocenters. The molecule has 0 saturated carbocycles. The van der Waals surface area contributed by atoms with Crippen LogP contribution in [0.2, 0.25) is 5.02 Å². The monoisotopic (exact) mass is 243 g/mol. The van der Waals surface area contributed by atoms with Crippen molar-refractivity contribution in [2.45, 2.75) is 13.8 Å². The summed E-state index contributed by atoms with van der Waals surface area (Å²) in [5.41, 5.74) is 3.38. The Morgan fingerprint density at radius 1 is 1.44 bits per heavy atom. The molecule has 86 valence electrons. The molecule has 1 aromatic rings. The fourth-order valence-electron chi connectivity index (χ4n) is 0.896. The zero-order valence-electron chi connectivity index (χ0n) is 8.84. The summed E-state index contributed by atoms with van der Waals surface area (Å²) in [6.07, 6.45) is 0. The van der Waals surface area contributed by atoms with Gasteiger partial charge in [0.25, 0.3) is 0 Å². The van der Waals surface area contributed by atoms with E-state index in [2.05, 4.69) is 15.8 Å². The lowest BCUT2D eigenvalue weighted by Crippen LogP contribution is -2.24. The summed E-state index contributed by atoms with van der Waals surface area (Å²) in [7, 11) is 0. The molecule has 2 N–H and O–H groups in total. The first-order chi connectivity index (χ1) is 7.49. The molecule has 16 heavy (non-hydrogen) atoms. The average molecular weight is 244 g/mol. The van der Waals surface area contributed by atoms with Crippen LogP contribution in [-0.2, 0) is 0 Å². The Bertz CT molecular complexity index is 430. The van der Waals surface area contributed by atoms with Crippen LogP contribution in [0.4, 0.5) is 14.9 Å². The number of benzene rings is 1. The van der Waals surface area contributed by atoms with Crippen molar-refractivity contribution in [3.8, 4) is 0 Å². The third kappa shape index (κ3) is 3.86. The molecule has 0 saturated heterocycles. The lowest BCUT2D eigenvalue weighted by atomic mass is 10.3. The third-order valence-corrected chi connectivity index (χ3v) is 1.85. The number of anilines is 1. The summed E-state index contributed by atoms with van der Waals surface area (Å²) in [6.45, 7) is 3.49. The average Bonchev–Trinajstić information content (AvgIpc) is 2.21. The topological polar surface area (TPSA) is 53.5 Å². The Hall–Kier alpha value is -1.62. The van der Waals surface area contributed by atoms with E-state index in [1.54, 1.807) is 13.8 Å². The number of hydrazone groups is 1. The van der Waals surface area contributed by atoms with Crippen LogP contribution in [0.1, 0.15) is 13.8 Å². The van der Waals surface area contributed by atoms with Crippen LogP contribution in [0.25, 0.3) is 0 Å². The summed E-state index contributed by atoms with van der Waals surface area (Å²) >= 11 is 5.55. The number of halogens is 2. The molecule has 6 heteroatoms. The van der Waals surface area contributed by atoms with Crippen LogP contribution in [0, 0.1) is 5.82 Å². The number of urea groups is 1. The lowest BCUT2D eigenvalue weighted by molar-refractivity contribution is 0.252. The fourth-order valence-corrected chi connectivity index (χ4v) is 1.08. The SMILES string of the molecule is CC(C)=NNC(=O)Nc1ccc(F)c(Cl)c1. The molecule has 0 aliphatic carbocycles. The zero-order valence-corrected chi connectivity index (χ0v) is 9.60. The Morgan fingerprint density at radius 3 is 2.69 bits per heavy atom. The highest BCUT2D eigenvalue weighted by atomic mass is 35.5. The Kier molecular flexibility index (Phi) is 4.25. The van der Waals surface area contributed by atoms with Gasteiger partial charge >= 0.3 is 6.03 Å². The van der Waals surface area contributed by atoms with Crippen molar-refractivity contribution >= 4 is 29.0 Å². The summed E-state index contributed by atoms with van der Waals surface area (Å²) in [5, 5.41) is 6.12. The van der Waals surface area contributed by atoms with Gasteiger partial charge in [-0.05, 0) is 32.0 Å². The highest BCUT2D eigenvalue weighted by molar-refractivity contribution is 6.31. The van der Waals surface area contributed by atoms with E-state index in [1.807, 2.05) is 0 Å². The maximum absolute atomic E-state index is 12.8. The Balaban J connectivity index is 2.63. The summed E-state index contributed by atoms with van der Waals surface area (Å²) in [4.78, 5) is 11.2. The molecule has 1 aromatic carbocycles. The molecule has 2 amide bonds. The quantitative estimate of drug-likeness (QED) is 0.609. The molecule has 0 spiro atoms. The maximum atomic E-state index is 12.8. The smallest absolute Gasteiger partial charge is 0.306 e. The van der Waals surface area contributed by atoms with E-state index >= 15 is 0 Å². The molecule has 0 aliphatic heterocycles. The number of rotatable bonds is 2. The van der Waals surface area contributed by atoms with E-state index in [9.17, 15) is 9.18 Å². The molecule has 1 rings (SSSR count). The largest absolute Gasteiger partial charge is 0.339 e. The second-order valence-corrected chi connectivity index (χ2v) is 3.66. The van der Waals surface area contributed by atoms with Crippen LogP contribution in [-0.4, -0.2) is 11.7 Å². The minimum absolute atomic E-state index is 0.0482. The molecule has 0 atom stereocenters. The van der Waals surface area contributed by atoms with E-state index in [0.29, 0.717) is 11.4 Å². The number of nitrogens with zero attached hydrogens (tertiary/aromatic N) is 1. The summed E-state index contributed by atoms with van der Waals surface area (Å²) < 4.78 is 12.8. The van der Waals surface area contributed by atoms with E-state index in [0.717, 1.165) is 0 Å². The second kappa shape index (κ2) is 5.46. The summed E-state index contributed by atoms with van der Waals surface area (Å²) in [6, 6.07) is 3.39. The molecule has 0 radical (unpaired) electrons. The molecular formula is C10H11ClFN3O. The highest BCUT2D eigenvalue weighted by Crippen LogP contribution is 2.19. The van der Waals surface area contributed by atoms with Crippen molar-refractivity contribution in [2.24, 2.45) is 5.10 Å². The van der Waals surface area contributed by atoms with Gasteiger partial charge in [0.15, 0.2) is 0 Å². The van der Waals surface area contributed by atoms with Crippen LogP contribution in [0.5, 0.6) is 0 Å². The van der Waals surface area contributed by atoms with Crippen molar-refractivity contribution in [1.82, 2.24) is 5.43 Å². The normalized spacial score (nSPS) is 9.50. The van der Waals surface area contributed by atoms with E-state index in [4.69, 9.17) is 11.6 Å². The Labute approximate surface area is 97.5 Å². The van der Waals surface area contributed by atoms with Crippen molar-refractivity contribution in [1.29, 1.82) is 0 Å². The van der Waals surface area contributed by atoms with Gasteiger partial charge in [-0.2, -0.15) is 5.10 Å².